The van der Waals surface area contributed by atoms with Crippen LogP contribution in [0.2, 0.25) is 0 Å². The Morgan fingerprint density at radius 1 is 1.32 bits per heavy atom. The largest absolute Gasteiger partial charge is 0.305 e. The average molecular weight is 457 g/mol. The second-order valence-corrected chi connectivity index (χ2v) is 7.81. The smallest absolute Gasteiger partial charge is 0.192 e. The van der Waals surface area contributed by atoms with Gasteiger partial charge in [0.05, 0.1) is 6.20 Å². The van der Waals surface area contributed by atoms with E-state index in [1.165, 1.54) is 23.5 Å². The van der Waals surface area contributed by atoms with Crippen LogP contribution in [0.4, 0.5) is 15.3 Å². The van der Waals surface area contributed by atoms with E-state index in [2.05, 4.69) is 37.1 Å². The monoisotopic (exact) mass is 456 g/mol. The van der Waals surface area contributed by atoms with Crippen LogP contribution in [0.25, 0.3) is 22.2 Å². The summed E-state index contributed by atoms with van der Waals surface area (Å²) < 4.78 is 15.9. The minimum Gasteiger partial charge on any atom is -0.305 e. The SMILES string of the molecule is CCn1nc2cnc(Br)cc2c1N(C)c1nc(-c2ccc(F)cc2)c(C#N)s1. The van der Waals surface area contributed by atoms with Crippen LogP contribution in [0.3, 0.4) is 0 Å². The van der Waals surface area contributed by atoms with Gasteiger partial charge in [0.15, 0.2) is 5.13 Å². The highest BCUT2D eigenvalue weighted by atomic mass is 79.9. The minimum atomic E-state index is -0.327. The van der Waals surface area contributed by atoms with Crippen molar-refractivity contribution < 1.29 is 4.39 Å². The Bertz CT molecular complexity index is 1210. The lowest BCUT2D eigenvalue weighted by Crippen LogP contribution is -2.15. The van der Waals surface area contributed by atoms with Gasteiger partial charge in [-0.1, -0.05) is 11.3 Å². The number of nitrogens with zero attached hydrogens (tertiary/aromatic N) is 6. The lowest BCUT2D eigenvalue weighted by atomic mass is 10.1. The summed E-state index contributed by atoms with van der Waals surface area (Å²) in [4.78, 5) is 11.3. The maximum atomic E-state index is 13.3. The molecule has 0 amide bonds. The van der Waals surface area contributed by atoms with Gasteiger partial charge in [0.25, 0.3) is 0 Å². The highest BCUT2D eigenvalue weighted by Crippen LogP contribution is 2.38. The van der Waals surface area contributed by atoms with Crippen molar-refractivity contribution in [2.45, 2.75) is 13.5 Å². The Balaban J connectivity index is 1.84. The van der Waals surface area contributed by atoms with Crippen LogP contribution in [0.15, 0.2) is 41.1 Å². The molecule has 0 saturated heterocycles. The van der Waals surface area contributed by atoms with Gasteiger partial charge in [-0.3, -0.25) is 0 Å². The molecule has 6 nitrogen and oxygen atoms in total. The molecule has 1 aromatic carbocycles. The quantitative estimate of drug-likeness (QED) is 0.398. The molecule has 28 heavy (non-hydrogen) atoms. The van der Waals surface area contributed by atoms with E-state index in [0.29, 0.717) is 32.4 Å². The zero-order valence-corrected chi connectivity index (χ0v) is 17.4. The van der Waals surface area contributed by atoms with Crippen LogP contribution in [0.5, 0.6) is 0 Å². The van der Waals surface area contributed by atoms with Crippen LogP contribution >= 0.6 is 27.3 Å². The van der Waals surface area contributed by atoms with Crippen LogP contribution in [-0.4, -0.2) is 26.8 Å². The van der Waals surface area contributed by atoms with Gasteiger partial charge in [-0.25, -0.2) is 19.0 Å². The van der Waals surface area contributed by atoms with Crippen molar-refractivity contribution in [1.29, 1.82) is 5.26 Å². The second kappa shape index (κ2) is 7.30. The van der Waals surface area contributed by atoms with Gasteiger partial charge in [-0.05, 0) is 53.2 Å². The molecule has 0 aliphatic heterocycles. The first-order chi connectivity index (χ1) is 13.5. The molecule has 4 rings (SSSR count). The molecule has 3 aromatic heterocycles. The van der Waals surface area contributed by atoms with E-state index in [0.717, 1.165) is 16.7 Å². The molecule has 0 spiro atoms. The van der Waals surface area contributed by atoms with Gasteiger partial charge < -0.3 is 4.90 Å². The summed E-state index contributed by atoms with van der Waals surface area (Å²) in [7, 11) is 1.89. The number of aromatic nitrogens is 4. The third-order valence-electron chi connectivity index (χ3n) is 4.30. The second-order valence-electron chi connectivity index (χ2n) is 6.02. The molecule has 0 radical (unpaired) electrons. The zero-order chi connectivity index (χ0) is 19.8. The van der Waals surface area contributed by atoms with Crippen molar-refractivity contribution in [2.24, 2.45) is 0 Å². The van der Waals surface area contributed by atoms with E-state index >= 15 is 0 Å². The number of fused-ring (bicyclic) bond motifs is 1. The van der Waals surface area contributed by atoms with E-state index in [-0.39, 0.29) is 5.82 Å². The van der Waals surface area contributed by atoms with Gasteiger partial charge in [-0.15, -0.1) is 0 Å². The highest BCUT2D eigenvalue weighted by Gasteiger charge is 2.21. The molecule has 0 aliphatic carbocycles. The molecule has 0 fully saturated rings. The number of aryl methyl sites for hydroxylation is 1. The standard InChI is InChI=1S/C19H14BrFN6S/c1-3-27-18(13-8-16(20)23-10-14(13)25-27)26(2)19-24-17(15(9-22)28-19)11-4-6-12(21)7-5-11/h4-8,10H,3H2,1-2H3. The number of thiazole rings is 1. The third-order valence-corrected chi connectivity index (χ3v) is 5.77. The summed E-state index contributed by atoms with van der Waals surface area (Å²) >= 11 is 4.70. The molecule has 0 saturated carbocycles. The Kier molecular flexibility index (Phi) is 4.83. The molecule has 0 unspecified atom stereocenters. The molecule has 4 aromatic rings. The Hall–Kier alpha value is -2.83. The molecular formula is C19H14BrFN6S. The maximum absolute atomic E-state index is 13.3. The number of hydrogen-bond acceptors (Lipinski definition) is 6. The summed E-state index contributed by atoms with van der Waals surface area (Å²) in [5, 5.41) is 15.7. The van der Waals surface area contributed by atoms with Crippen molar-refractivity contribution in [3.63, 3.8) is 0 Å². The summed E-state index contributed by atoms with van der Waals surface area (Å²) in [6.45, 7) is 2.69. The van der Waals surface area contributed by atoms with E-state index < -0.39 is 0 Å². The maximum Gasteiger partial charge on any atom is 0.192 e. The molecule has 0 aliphatic rings. The summed E-state index contributed by atoms with van der Waals surface area (Å²) in [6.07, 6.45) is 1.72. The molecule has 0 bridgehead atoms. The Morgan fingerprint density at radius 3 is 2.75 bits per heavy atom. The minimum absolute atomic E-state index is 0.327. The van der Waals surface area contributed by atoms with E-state index in [1.54, 1.807) is 18.3 Å². The summed E-state index contributed by atoms with van der Waals surface area (Å²) in [6, 6.07) is 10.1. The third kappa shape index (κ3) is 3.15. The van der Waals surface area contributed by atoms with Crippen molar-refractivity contribution in [2.75, 3.05) is 11.9 Å². The number of pyridine rings is 1. The topological polar surface area (TPSA) is 70.6 Å². The fraction of sp³-hybridized carbons (Fsp3) is 0.158. The fourth-order valence-corrected chi connectivity index (χ4v) is 4.17. The lowest BCUT2D eigenvalue weighted by molar-refractivity contribution is 0.628. The van der Waals surface area contributed by atoms with Crippen LogP contribution in [0, 0.1) is 17.1 Å². The Morgan fingerprint density at radius 2 is 2.07 bits per heavy atom. The predicted octanol–water partition coefficient (Wildman–Crippen LogP) is 5.12. The van der Waals surface area contributed by atoms with Crippen LogP contribution in [-0.2, 0) is 6.54 Å². The number of benzene rings is 1. The normalized spacial score (nSPS) is 11.0. The first kappa shape index (κ1) is 18.5. The lowest BCUT2D eigenvalue weighted by Gasteiger charge is -2.17. The van der Waals surface area contributed by atoms with Gasteiger partial charge in [-0.2, -0.15) is 10.4 Å². The summed E-state index contributed by atoms with van der Waals surface area (Å²) in [5.41, 5.74) is 2.03. The highest BCUT2D eigenvalue weighted by molar-refractivity contribution is 9.10. The van der Waals surface area contributed by atoms with Crippen molar-refractivity contribution >= 4 is 49.1 Å². The van der Waals surface area contributed by atoms with Crippen molar-refractivity contribution in [1.82, 2.24) is 19.7 Å². The number of nitriles is 1. The van der Waals surface area contributed by atoms with Gasteiger partial charge >= 0.3 is 0 Å². The molecule has 0 N–H and O–H groups in total. The van der Waals surface area contributed by atoms with Gasteiger partial charge in [0.1, 0.15) is 38.4 Å². The zero-order valence-electron chi connectivity index (χ0n) is 15.0. The van der Waals surface area contributed by atoms with Crippen LogP contribution in [0.1, 0.15) is 11.8 Å². The molecule has 0 atom stereocenters. The van der Waals surface area contributed by atoms with E-state index in [4.69, 9.17) is 0 Å². The first-order valence-electron chi connectivity index (χ1n) is 8.44. The molecule has 9 heteroatoms. The number of hydrogen-bond donors (Lipinski definition) is 0. The molecular weight excluding hydrogens is 443 g/mol. The number of rotatable bonds is 4. The number of halogens is 2. The van der Waals surface area contributed by atoms with Crippen molar-refractivity contribution in [3.8, 4) is 17.3 Å². The van der Waals surface area contributed by atoms with Crippen LogP contribution < -0.4 is 4.90 Å². The van der Waals surface area contributed by atoms with Crippen molar-refractivity contribution in [3.05, 3.63) is 51.8 Å². The summed E-state index contributed by atoms with van der Waals surface area (Å²) in [5.74, 6) is 0.539. The van der Waals surface area contributed by atoms with Gasteiger partial charge in [0.2, 0.25) is 0 Å². The predicted molar refractivity (Wildman–Crippen MR) is 111 cm³/mol. The van der Waals surface area contributed by atoms with E-state index in [1.807, 2.05) is 29.6 Å². The molecule has 3 heterocycles. The molecule has 140 valence electrons. The first-order valence-corrected chi connectivity index (χ1v) is 10.1. The Labute approximate surface area is 173 Å². The van der Waals surface area contributed by atoms with E-state index in [9.17, 15) is 9.65 Å². The fourth-order valence-electron chi connectivity index (χ4n) is 2.99. The average Bonchev–Trinajstić information content (AvgIpc) is 3.29. The number of anilines is 2. The van der Waals surface area contributed by atoms with Gasteiger partial charge in [0, 0.05) is 24.5 Å².